The second kappa shape index (κ2) is 5.33. The minimum atomic E-state index is -0.331. The van der Waals surface area contributed by atoms with Crippen molar-refractivity contribution in [2.75, 3.05) is 11.9 Å². The third-order valence-corrected chi connectivity index (χ3v) is 2.96. The summed E-state index contributed by atoms with van der Waals surface area (Å²) in [5, 5.41) is 9.50. The van der Waals surface area contributed by atoms with Gasteiger partial charge in [0.15, 0.2) is 0 Å². The van der Waals surface area contributed by atoms with Gasteiger partial charge in [0.2, 0.25) is 0 Å². The summed E-state index contributed by atoms with van der Waals surface area (Å²) in [5.41, 5.74) is 0.786. The predicted octanol–water partition coefficient (Wildman–Crippen LogP) is 3.13. The lowest BCUT2D eigenvalue weighted by atomic mass is 10.2. The number of rotatable bonds is 3. The van der Waals surface area contributed by atoms with Crippen molar-refractivity contribution in [3.05, 3.63) is 52.9 Å². The zero-order chi connectivity index (χ0) is 13.1. The monoisotopic (exact) mass is 266 g/mol. The predicted molar refractivity (Wildman–Crippen MR) is 69.6 cm³/mol. The Morgan fingerprint density at radius 2 is 2.00 bits per heavy atom. The van der Waals surface area contributed by atoms with Crippen molar-refractivity contribution < 1.29 is 9.50 Å². The van der Waals surface area contributed by atoms with Crippen LogP contribution in [-0.4, -0.2) is 17.1 Å². The highest BCUT2D eigenvalue weighted by Gasteiger charge is 2.11. The SMILES string of the molecule is CN(c1ccc(Cl)c(CO)n1)c1ccccc1F. The Balaban J connectivity index is 2.40. The lowest BCUT2D eigenvalue weighted by Crippen LogP contribution is -2.13. The van der Waals surface area contributed by atoms with E-state index in [1.165, 1.54) is 6.07 Å². The zero-order valence-electron chi connectivity index (χ0n) is 9.77. The number of nitrogens with zero attached hydrogens (tertiary/aromatic N) is 2. The van der Waals surface area contributed by atoms with Gasteiger partial charge in [0.05, 0.1) is 23.0 Å². The number of hydrogen-bond acceptors (Lipinski definition) is 3. The van der Waals surface area contributed by atoms with Gasteiger partial charge in [0.25, 0.3) is 0 Å². The molecule has 0 aliphatic heterocycles. The van der Waals surface area contributed by atoms with Crippen molar-refractivity contribution in [2.24, 2.45) is 0 Å². The molecule has 0 saturated carbocycles. The minimum Gasteiger partial charge on any atom is -0.390 e. The molecule has 0 bridgehead atoms. The molecule has 0 amide bonds. The lowest BCUT2D eigenvalue weighted by Gasteiger charge is -2.19. The summed E-state index contributed by atoms with van der Waals surface area (Å²) >= 11 is 5.86. The fourth-order valence-corrected chi connectivity index (χ4v) is 1.78. The number of pyridine rings is 1. The Kier molecular flexibility index (Phi) is 3.79. The standard InChI is InChI=1S/C13H12ClFN2O/c1-17(12-5-3-2-4-10(12)15)13-7-6-9(14)11(8-18)16-13/h2-7,18H,8H2,1H3. The Morgan fingerprint density at radius 3 is 2.67 bits per heavy atom. The highest BCUT2D eigenvalue weighted by molar-refractivity contribution is 6.31. The van der Waals surface area contributed by atoms with Crippen LogP contribution in [0.5, 0.6) is 0 Å². The van der Waals surface area contributed by atoms with Crippen LogP contribution in [-0.2, 0) is 6.61 Å². The number of aliphatic hydroxyl groups excluding tert-OH is 1. The first-order chi connectivity index (χ1) is 8.63. The van der Waals surface area contributed by atoms with Crippen LogP contribution in [0.15, 0.2) is 36.4 Å². The van der Waals surface area contributed by atoms with E-state index < -0.39 is 0 Å². The van der Waals surface area contributed by atoms with E-state index >= 15 is 0 Å². The molecule has 3 nitrogen and oxygen atoms in total. The van der Waals surface area contributed by atoms with Gasteiger partial charge in [-0.25, -0.2) is 9.37 Å². The van der Waals surface area contributed by atoms with Gasteiger partial charge in [-0.3, -0.25) is 0 Å². The van der Waals surface area contributed by atoms with Crippen molar-refractivity contribution in [3.63, 3.8) is 0 Å². The van der Waals surface area contributed by atoms with Crippen LogP contribution in [0.2, 0.25) is 5.02 Å². The Morgan fingerprint density at radius 1 is 1.28 bits per heavy atom. The molecule has 1 heterocycles. The van der Waals surface area contributed by atoms with E-state index in [0.717, 1.165) is 0 Å². The molecular weight excluding hydrogens is 255 g/mol. The summed E-state index contributed by atoms with van der Waals surface area (Å²) in [7, 11) is 1.70. The Bertz CT molecular complexity index is 562. The first-order valence-electron chi connectivity index (χ1n) is 5.38. The summed E-state index contributed by atoms with van der Waals surface area (Å²) in [5.74, 6) is 0.191. The van der Waals surface area contributed by atoms with Gasteiger partial charge in [-0.05, 0) is 24.3 Å². The zero-order valence-corrected chi connectivity index (χ0v) is 10.5. The molecule has 94 valence electrons. The van der Waals surface area contributed by atoms with Gasteiger partial charge in [-0.2, -0.15) is 0 Å². The first-order valence-corrected chi connectivity index (χ1v) is 5.76. The van der Waals surface area contributed by atoms with E-state index in [1.54, 1.807) is 42.3 Å². The molecular formula is C13H12ClFN2O. The molecule has 0 radical (unpaired) electrons. The molecule has 18 heavy (non-hydrogen) atoms. The van der Waals surface area contributed by atoms with Gasteiger partial charge in [-0.1, -0.05) is 23.7 Å². The molecule has 2 rings (SSSR count). The Labute approximate surface area is 109 Å². The molecule has 0 spiro atoms. The average Bonchev–Trinajstić information content (AvgIpc) is 2.39. The van der Waals surface area contributed by atoms with Gasteiger partial charge >= 0.3 is 0 Å². The lowest BCUT2D eigenvalue weighted by molar-refractivity contribution is 0.277. The minimum absolute atomic E-state index is 0.252. The van der Waals surface area contributed by atoms with E-state index in [2.05, 4.69) is 4.98 Å². The van der Waals surface area contributed by atoms with E-state index in [4.69, 9.17) is 16.7 Å². The molecule has 1 N–H and O–H groups in total. The number of aliphatic hydroxyl groups is 1. The molecule has 0 saturated heterocycles. The van der Waals surface area contributed by atoms with Crippen LogP contribution in [0.1, 0.15) is 5.69 Å². The number of halogens is 2. The van der Waals surface area contributed by atoms with E-state index in [-0.39, 0.29) is 12.4 Å². The van der Waals surface area contributed by atoms with Crippen LogP contribution in [0.4, 0.5) is 15.9 Å². The summed E-state index contributed by atoms with van der Waals surface area (Å²) in [6, 6.07) is 9.72. The van der Waals surface area contributed by atoms with Crippen LogP contribution in [0.25, 0.3) is 0 Å². The van der Waals surface area contributed by atoms with Crippen molar-refractivity contribution in [1.29, 1.82) is 0 Å². The number of anilines is 2. The van der Waals surface area contributed by atoms with Gasteiger partial charge in [0.1, 0.15) is 11.6 Å². The fraction of sp³-hybridized carbons (Fsp3) is 0.154. The van der Waals surface area contributed by atoms with Crippen molar-refractivity contribution >= 4 is 23.1 Å². The third-order valence-electron chi connectivity index (χ3n) is 2.61. The van der Waals surface area contributed by atoms with Gasteiger partial charge < -0.3 is 10.0 Å². The number of benzene rings is 1. The van der Waals surface area contributed by atoms with E-state index in [0.29, 0.717) is 22.2 Å². The number of aromatic nitrogens is 1. The molecule has 0 aliphatic rings. The Hall–Kier alpha value is -1.65. The maximum absolute atomic E-state index is 13.6. The number of para-hydroxylation sites is 1. The molecule has 2 aromatic rings. The van der Waals surface area contributed by atoms with Crippen molar-refractivity contribution in [2.45, 2.75) is 6.61 Å². The van der Waals surface area contributed by atoms with Crippen LogP contribution < -0.4 is 4.90 Å². The second-order valence-corrected chi connectivity index (χ2v) is 4.17. The summed E-state index contributed by atoms with van der Waals surface area (Å²) in [4.78, 5) is 5.79. The highest BCUT2D eigenvalue weighted by atomic mass is 35.5. The second-order valence-electron chi connectivity index (χ2n) is 3.77. The summed E-state index contributed by atoms with van der Waals surface area (Å²) < 4.78 is 13.6. The molecule has 0 fully saturated rings. The van der Waals surface area contributed by atoms with Crippen molar-refractivity contribution in [3.8, 4) is 0 Å². The van der Waals surface area contributed by atoms with E-state index in [9.17, 15) is 4.39 Å². The maximum Gasteiger partial charge on any atom is 0.146 e. The third kappa shape index (κ3) is 2.44. The molecule has 0 atom stereocenters. The quantitative estimate of drug-likeness (QED) is 0.927. The molecule has 0 aliphatic carbocycles. The van der Waals surface area contributed by atoms with Crippen LogP contribution in [0.3, 0.4) is 0 Å². The van der Waals surface area contributed by atoms with Crippen LogP contribution in [0, 0.1) is 5.82 Å². The number of hydrogen-bond donors (Lipinski definition) is 1. The smallest absolute Gasteiger partial charge is 0.146 e. The molecule has 0 unspecified atom stereocenters. The largest absolute Gasteiger partial charge is 0.390 e. The molecule has 1 aromatic heterocycles. The first kappa shape index (κ1) is 12.8. The summed E-state index contributed by atoms with van der Waals surface area (Å²) in [6.07, 6.45) is 0. The normalized spacial score (nSPS) is 10.4. The maximum atomic E-state index is 13.6. The molecule has 5 heteroatoms. The molecule has 1 aromatic carbocycles. The van der Waals surface area contributed by atoms with Crippen molar-refractivity contribution in [1.82, 2.24) is 4.98 Å². The van der Waals surface area contributed by atoms with Gasteiger partial charge in [0, 0.05) is 7.05 Å². The van der Waals surface area contributed by atoms with Gasteiger partial charge in [-0.15, -0.1) is 0 Å². The fourth-order valence-electron chi connectivity index (χ4n) is 1.62. The van der Waals surface area contributed by atoms with Crippen LogP contribution >= 0.6 is 11.6 Å². The topological polar surface area (TPSA) is 36.4 Å². The van der Waals surface area contributed by atoms with E-state index in [1.807, 2.05) is 0 Å². The average molecular weight is 267 g/mol. The highest BCUT2D eigenvalue weighted by Crippen LogP contribution is 2.26. The summed E-state index contributed by atoms with van der Waals surface area (Å²) in [6.45, 7) is -0.252.